The van der Waals surface area contributed by atoms with Crippen LogP contribution < -0.4 is 24.4 Å². The molecule has 0 amide bonds. The monoisotopic (exact) mass is 604 g/mol. The molecule has 1 aromatic heterocycles. The van der Waals surface area contributed by atoms with Gasteiger partial charge < -0.3 is 14.2 Å². The molecule has 1 aliphatic rings. The number of esters is 1. The first-order valence-electron chi connectivity index (χ1n) is 14.6. The molecule has 1 atom stereocenters. The molecule has 0 saturated carbocycles. The summed E-state index contributed by atoms with van der Waals surface area (Å²) < 4.78 is 19.7. The number of hydrogen-bond acceptors (Lipinski definition) is 7. The lowest BCUT2D eigenvalue weighted by molar-refractivity contribution is -0.139. The van der Waals surface area contributed by atoms with Crippen LogP contribution in [0.15, 0.2) is 112 Å². The van der Waals surface area contributed by atoms with Gasteiger partial charge in [-0.15, -0.1) is 0 Å². The van der Waals surface area contributed by atoms with Crippen LogP contribution in [0.4, 0.5) is 0 Å². The van der Waals surface area contributed by atoms with Crippen LogP contribution >= 0.6 is 11.3 Å². The Kier molecular flexibility index (Phi) is 8.43. The summed E-state index contributed by atoms with van der Waals surface area (Å²) in [6, 6.07) is 28.9. The molecule has 0 spiro atoms. The standard InChI is InChI=1S/C36H32N2O5S/c1-4-41-30-20-24(18-19-29(30)43-22-27-16-11-15-25-12-9-10-17-28(25)27)21-31-34(39)38-33(26-13-7-6-8-14-26)32(35(40)42-5-2)23(3)37-36(38)44-31/h6-21,33H,4-5,22H2,1-3H3. The second kappa shape index (κ2) is 12.7. The molecule has 0 saturated heterocycles. The van der Waals surface area contributed by atoms with E-state index in [4.69, 9.17) is 14.2 Å². The SMILES string of the molecule is CCOC(=O)C1=C(C)N=c2sc(=Cc3ccc(OCc4cccc5ccccc45)c(OCC)c3)c(=O)n2C1c1ccccc1. The number of rotatable bonds is 9. The van der Waals surface area contributed by atoms with Gasteiger partial charge in [-0.3, -0.25) is 9.36 Å². The van der Waals surface area contributed by atoms with E-state index < -0.39 is 12.0 Å². The predicted octanol–water partition coefficient (Wildman–Crippen LogP) is 5.93. The van der Waals surface area contributed by atoms with Gasteiger partial charge in [-0.25, -0.2) is 9.79 Å². The molecule has 0 N–H and O–H groups in total. The highest BCUT2D eigenvalue weighted by Gasteiger charge is 2.33. The number of benzene rings is 4. The van der Waals surface area contributed by atoms with E-state index in [2.05, 4.69) is 29.3 Å². The Morgan fingerprint density at radius 1 is 0.909 bits per heavy atom. The van der Waals surface area contributed by atoms with Crippen LogP contribution in [-0.4, -0.2) is 23.8 Å². The summed E-state index contributed by atoms with van der Waals surface area (Å²) in [5.41, 5.74) is 3.35. The molecule has 222 valence electrons. The second-order valence-corrected chi connectivity index (χ2v) is 11.3. The summed E-state index contributed by atoms with van der Waals surface area (Å²) in [7, 11) is 0. The van der Waals surface area contributed by atoms with E-state index in [1.165, 1.54) is 11.3 Å². The van der Waals surface area contributed by atoms with E-state index >= 15 is 0 Å². The van der Waals surface area contributed by atoms with Crippen molar-refractivity contribution in [3.63, 3.8) is 0 Å². The van der Waals surface area contributed by atoms with Crippen LogP contribution in [0.3, 0.4) is 0 Å². The van der Waals surface area contributed by atoms with Gasteiger partial charge >= 0.3 is 5.97 Å². The van der Waals surface area contributed by atoms with E-state index in [1.54, 1.807) is 18.4 Å². The largest absolute Gasteiger partial charge is 0.490 e. The molecule has 4 aromatic carbocycles. The normalized spacial score (nSPS) is 14.7. The van der Waals surface area contributed by atoms with Gasteiger partial charge in [0.1, 0.15) is 6.61 Å². The Morgan fingerprint density at radius 2 is 1.68 bits per heavy atom. The van der Waals surface area contributed by atoms with Gasteiger partial charge in [0.15, 0.2) is 16.3 Å². The number of allylic oxidation sites excluding steroid dienone is 1. The number of fused-ring (bicyclic) bond motifs is 2. The van der Waals surface area contributed by atoms with Crippen LogP contribution in [0.5, 0.6) is 11.5 Å². The molecular formula is C36H32N2O5S. The van der Waals surface area contributed by atoms with Crippen molar-refractivity contribution < 1.29 is 19.0 Å². The molecule has 8 heteroatoms. The van der Waals surface area contributed by atoms with Crippen molar-refractivity contribution in [3.8, 4) is 11.5 Å². The van der Waals surface area contributed by atoms with Crippen molar-refractivity contribution in [1.82, 2.24) is 4.57 Å². The number of hydrogen-bond donors (Lipinski definition) is 0. The summed E-state index contributed by atoms with van der Waals surface area (Å²) in [5.74, 6) is 0.742. The Labute approximate surface area is 259 Å². The first kappa shape index (κ1) is 29.1. The fraction of sp³-hybridized carbons (Fsp3) is 0.194. The van der Waals surface area contributed by atoms with Gasteiger partial charge in [-0.2, -0.15) is 0 Å². The Bertz CT molecular complexity index is 2050. The molecular weight excluding hydrogens is 572 g/mol. The molecule has 2 heterocycles. The van der Waals surface area contributed by atoms with Gasteiger partial charge in [-0.1, -0.05) is 90.2 Å². The zero-order chi connectivity index (χ0) is 30.6. The third kappa shape index (κ3) is 5.68. The quantitative estimate of drug-likeness (QED) is 0.195. The summed E-state index contributed by atoms with van der Waals surface area (Å²) in [6.07, 6.45) is 1.83. The molecule has 0 radical (unpaired) electrons. The zero-order valence-corrected chi connectivity index (χ0v) is 25.6. The smallest absolute Gasteiger partial charge is 0.338 e. The van der Waals surface area contributed by atoms with Gasteiger partial charge in [0, 0.05) is 0 Å². The number of aromatic nitrogens is 1. The Balaban J connectivity index is 1.37. The topological polar surface area (TPSA) is 79.1 Å². The second-order valence-electron chi connectivity index (χ2n) is 10.3. The van der Waals surface area contributed by atoms with Crippen molar-refractivity contribution >= 4 is 34.2 Å². The zero-order valence-electron chi connectivity index (χ0n) is 24.8. The average molecular weight is 605 g/mol. The lowest BCUT2D eigenvalue weighted by Gasteiger charge is -2.24. The molecule has 5 aromatic rings. The number of carbonyl (C=O) groups excluding carboxylic acids is 1. The van der Waals surface area contributed by atoms with E-state index in [1.807, 2.05) is 79.7 Å². The maximum Gasteiger partial charge on any atom is 0.338 e. The minimum Gasteiger partial charge on any atom is -0.490 e. The van der Waals surface area contributed by atoms with E-state index in [0.29, 0.717) is 45.3 Å². The van der Waals surface area contributed by atoms with Crippen molar-refractivity contribution in [2.75, 3.05) is 13.2 Å². The predicted molar refractivity (Wildman–Crippen MR) is 173 cm³/mol. The van der Waals surface area contributed by atoms with E-state index in [9.17, 15) is 9.59 Å². The van der Waals surface area contributed by atoms with Crippen LogP contribution in [0.1, 0.15) is 43.5 Å². The van der Waals surface area contributed by atoms with Crippen molar-refractivity contribution in [2.24, 2.45) is 4.99 Å². The lowest BCUT2D eigenvalue weighted by atomic mass is 9.96. The number of ether oxygens (including phenoxy) is 3. The average Bonchev–Trinajstić information content (AvgIpc) is 3.34. The summed E-state index contributed by atoms with van der Waals surface area (Å²) >= 11 is 1.29. The van der Waals surface area contributed by atoms with Gasteiger partial charge in [0.05, 0.1) is 35.1 Å². The maximum atomic E-state index is 13.9. The fourth-order valence-corrected chi connectivity index (χ4v) is 6.52. The molecule has 0 fully saturated rings. The first-order valence-corrected chi connectivity index (χ1v) is 15.4. The Hall–Kier alpha value is -4.95. The third-order valence-electron chi connectivity index (χ3n) is 7.46. The van der Waals surface area contributed by atoms with Gasteiger partial charge in [0.25, 0.3) is 5.56 Å². The first-order chi connectivity index (χ1) is 21.5. The minimum absolute atomic E-state index is 0.228. The number of nitrogens with zero attached hydrogens (tertiary/aromatic N) is 2. The molecule has 0 aliphatic carbocycles. The van der Waals surface area contributed by atoms with Crippen molar-refractivity contribution in [3.05, 3.63) is 139 Å². The molecule has 44 heavy (non-hydrogen) atoms. The van der Waals surface area contributed by atoms with Crippen molar-refractivity contribution in [1.29, 1.82) is 0 Å². The van der Waals surface area contributed by atoms with Crippen LogP contribution in [-0.2, 0) is 16.1 Å². The highest BCUT2D eigenvalue weighted by Crippen LogP contribution is 2.32. The Morgan fingerprint density at radius 3 is 2.48 bits per heavy atom. The van der Waals surface area contributed by atoms with Crippen molar-refractivity contribution in [2.45, 2.75) is 33.4 Å². The molecule has 7 nitrogen and oxygen atoms in total. The summed E-state index contributed by atoms with van der Waals surface area (Å²) in [6.45, 7) is 6.55. The number of carbonyl (C=O) groups is 1. The highest BCUT2D eigenvalue weighted by atomic mass is 32.1. The molecule has 6 rings (SSSR count). The van der Waals surface area contributed by atoms with Crippen LogP contribution in [0.2, 0.25) is 0 Å². The summed E-state index contributed by atoms with van der Waals surface area (Å²) in [5, 5.41) is 2.31. The number of thiazole rings is 1. The van der Waals surface area contributed by atoms with E-state index in [-0.39, 0.29) is 12.2 Å². The third-order valence-corrected chi connectivity index (χ3v) is 8.44. The van der Waals surface area contributed by atoms with Gasteiger partial charge in [0.2, 0.25) is 0 Å². The molecule has 1 unspecified atom stereocenters. The van der Waals surface area contributed by atoms with E-state index in [0.717, 1.165) is 27.5 Å². The molecule has 1 aliphatic heterocycles. The summed E-state index contributed by atoms with van der Waals surface area (Å²) in [4.78, 5) is 32.2. The lowest BCUT2D eigenvalue weighted by Crippen LogP contribution is -2.39. The van der Waals surface area contributed by atoms with Gasteiger partial charge in [-0.05, 0) is 66.4 Å². The minimum atomic E-state index is -0.641. The van der Waals surface area contributed by atoms with Crippen LogP contribution in [0, 0.1) is 0 Å². The maximum absolute atomic E-state index is 13.9. The van der Waals surface area contributed by atoms with Crippen LogP contribution in [0.25, 0.3) is 16.8 Å². The highest BCUT2D eigenvalue weighted by molar-refractivity contribution is 7.07. The fourth-order valence-electron chi connectivity index (χ4n) is 5.47. The molecule has 0 bridgehead atoms.